The third-order valence-electron chi connectivity index (χ3n) is 6.45. The molecule has 1 saturated heterocycles. The largest absolute Gasteiger partial charge is 0.338 e. The molecule has 0 bridgehead atoms. The molecule has 5 rings (SSSR count). The molecule has 29 heavy (non-hydrogen) atoms. The Labute approximate surface area is 174 Å². The van der Waals surface area contributed by atoms with E-state index in [0.29, 0.717) is 11.7 Å². The van der Waals surface area contributed by atoms with Gasteiger partial charge in [-0.3, -0.25) is 4.68 Å². The lowest BCUT2D eigenvalue weighted by atomic mass is 9.82. The average molecular weight is 413 g/mol. The van der Waals surface area contributed by atoms with Crippen molar-refractivity contribution in [3.8, 4) is 11.3 Å². The number of hydrogen-bond acceptors (Lipinski definition) is 3. The SMILES string of the molecule is CCNC(=O)N1CCC2(CCn3nc(-c4cnc5[nH]c(Cl)c(CC)c5c4)cc32)C1. The minimum absolute atomic E-state index is 0.0137. The van der Waals surface area contributed by atoms with Crippen molar-refractivity contribution in [1.82, 2.24) is 30.0 Å². The number of aromatic nitrogens is 4. The van der Waals surface area contributed by atoms with Gasteiger partial charge in [0.25, 0.3) is 0 Å². The van der Waals surface area contributed by atoms with Crippen molar-refractivity contribution in [2.45, 2.75) is 45.1 Å². The minimum Gasteiger partial charge on any atom is -0.338 e. The standard InChI is InChI=1S/C21H25ClN6O/c1-3-14-15-9-13(11-24-19(15)25-18(14)22)16-10-17-21(6-8-28(17)26-16)5-7-27(12-21)20(29)23-4-2/h9-11H,3-8,12H2,1-2H3,(H,23,29)(H,24,25). The molecule has 8 heteroatoms. The summed E-state index contributed by atoms with van der Waals surface area (Å²) in [6.45, 7) is 7.15. The quantitative estimate of drug-likeness (QED) is 0.688. The number of pyridine rings is 1. The Morgan fingerprint density at radius 1 is 1.31 bits per heavy atom. The predicted molar refractivity (Wildman–Crippen MR) is 113 cm³/mol. The molecule has 2 amide bonds. The lowest BCUT2D eigenvalue weighted by Gasteiger charge is -2.23. The summed E-state index contributed by atoms with van der Waals surface area (Å²) in [7, 11) is 0. The van der Waals surface area contributed by atoms with Gasteiger partial charge in [0.2, 0.25) is 0 Å². The highest BCUT2D eigenvalue weighted by atomic mass is 35.5. The van der Waals surface area contributed by atoms with Crippen LogP contribution in [0.1, 0.15) is 37.9 Å². The van der Waals surface area contributed by atoms with Crippen LogP contribution in [0.15, 0.2) is 18.3 Å². The molecule has 2 aliphatic heterocycles. The second-order valence-corrected chi connectivity index (χ2v) is 8.44. The van der Waals surface area contributed by atoms with Gasteiger partial charge in [-0.2, -0.15) is 5.10 Å². The monoisotopic (exact) mass is 412 g/mol. The van der Waals surface area contributed by atoms with Crippen LogP contribution in [-0.4, -0.2) is 50.3 Å². The number of aryl methyl sites for hydroxylation is 2. The summed E-state index contributed by atoms with van der Waals surface area (Å²) in [5.41, 5.74) is 5.09. The van der Waals surface area contributed by atoms with Gasteiger partial charge < -0.3 is 15.2 Å². The Hall–Kier alpha value is -2.54. The number of likely N-dealkylation sites (tertiary alicyclic amines) is 1. The molecule has 1 atom stereocenters. The van der Waals surface area contributed by atoms with E-state index >= 15 is 0 Å². The van der Waals surface area contributed by atoms with E-state index in [1.54, 1.807) is 0 Å². The number of H-pyrrole nitrogens is 1. The first-order valence-corrected chi connectivity index (χ1v) is 10.7. The first-order chi connectivity index (χ1) is 14.0. The average Bonchev–Trinajstić information content (AvgIpc) is 3.45. The highest BCUT2D eigenvalue weighted by Crippen LogP contribution is 2.44. The summed E-state index contributed by atoms with van der Waals surface area (Å²) in [4.78, 5) is 21.9. The van der Waals surface area contributed by atoms with E-state index < -0.39 is 0 Å². The molecule has 1 unspecified atom stereocenters. The maximum atomic E-state index is 12.3. The summed E-state index contributed by atoms with van der Waals surface area (Å²) in [5, 5.41) is 9.51. The fourth-order valence-electron chi connectivity index (χ4n) is 4.90. The van der Waals surface area contributed by atoms with E-state index in [2.05, 4.69) is 39.0 Å². The van der Waals surface area contributed by atoms with E-state index in [-0.39, 0.29) is 11.4 Å². The van der Waals surface area contributed by atoms with Crippen molar-refractivity contribution in [3.05, 3.63) is 34.7 Å². The third kappa shape index (κ3) is 2.82. The number of urea groups is 1. The van der Waals surface area contributed by atoms with Gasteiger partial charge in [0.1, 0.15) is 10.8 Å². The number of carbonyl (C=O) groups is 1. The van der Waals surface area contributed by atoms with E-state index in [1.165, 1.54) is 5.69 Å². The molecule has 2 aliphatic rings. The highest BCUT2D eigenvalue weighted by molar-refractivity contribution is 6.31. The van der Waals surface area contributed by atoms with Gasteiger partial charge in [-0.05, 0) is 43.9 Å². The maximum absolute atomic E-state index is 12.3. The Balaban J connectivity index is 1.48. The zero-order valence-corrected chi connectivity index (χ0v) is 17.5. The Morgan fingerprint density at radius 2 is 2.14 bits per heavy atom. The van der Waals surface area contributed by atoms with E-state index in [4.69, 9.17) is 16.7 Å². The van der Waals surface area contributed by atoms with Crippen molar-refractivity contribution in [1.29, 1.82) is 0 Å². The molecule has 3 aromatic rings. The first kappa shape index (κ1) is 18.5. The molecule has 5 heterocycles. The molecular weight excluding hydrogens is 388 g/mol. The summed E-state index contributed by atoms with van der Waals surface area (Å²) >= 11 is 6.32. The van der Waals surface area contributed by atoms with Crippen LogP contribution >= 0.6 is 11.6 Å². The lowest BCUT2D eigenvalue weighted by Crippen LogP contribution is -2.40. The smallest absolute Gasteiger partial charge is 0.317 e. The number of fused-ring (bicyclic) bond motifs is 3. The normalized spacial score (nSPS) is 20.7. The number of halogens is 1. The predicted octanol–water partition coefficient (Wildman–Crippen LogP) is 3.72. The second kappa shape index (κ2) is 6.76. The van der Waals surface area contributed by atoms with Crippen molar-refractivity contribution < 1.29 is 4.79 Å². The zero-order chi connectivity index (χ0) is 20.2. The van der Waals surface area contributed by atoms with Crippen LogP contribution in [0.2, 0.25) is 5.15 Å². The topological polar surface area (TPSA) is 78.8 Å². The molecule has 0 aliphatic carbocycles. The molecule has 3 aromatic heterocycles. The Bertz CT molecular complexity index is 1100. The van der Waals surface area contributed by atoms with Gasteiger partial charge in [0, 0.05) is 54.4 Å². The molecule has 152 valence electrons. The van der Waals surface area contributed by atoms with E-state index in [1.807, 2.05) is 18.0 Å². The number of hydrogen-bond donors (Lipinski definition) is 2. The van der Waals surface area contributed by atoms with Crippen molar-refractivity contribution in [3.63, 3.8) is 0 Å². The number of rotatable bonds is 3. The van der Waals surface area contributed by atoms with Gasteiger partial charge in [-0.15, -0.1) is 0 Å². The molecule has 0 radical (unpaired) electrons. The number of aromatic amines is 1. The summed E-state index contributed by atoms with van der Waals surface area (Å²) in [5.74, 6) is 0. The van der Waals surface area contributed by atoms with E-state index in [9.17, 15) is 4.79 Å². The minimum atomic E-state index is 0.0137. The third-order valence-corrected chi connectivity index (χ3v) is 6.77. The Morgan fingerprint density at radius 3 is 2.93 bits per heavy atom. The fourth-order valence-corrected chi connectivity index (χ4v) is 5.23. The van der Waals surface area contributed by atoms with Gasteiger partial charge >= 0.3 is 6.03 Å². The van der Waals surface area contributed by atoms with Crippen molar-refractivity contribution >= 4 is 28.7 Å². The van der Waals surface area contributed by atoms with Crippen molar-refractivity contribution in [2.24, 2.45) is 0 Å². The summed E-state index contributed by atoms with van der Waals surface area (Å²) in [6, 6.07) is 4.36. The van der Waals surface area contributed by atoms with Crippen LogP contribution < -0.4 is 5.32 Å². The van der Waals surface area contributed by atoms with Gasteiger partial charge in [0.15, 0.2) is 0 Å². The summed E-state index contributed by atoms with van der Waals surface area (Å²) in [6.07, 6.45) is 4.73. The number of nitrogens with one attached hydrogen (secondary N) is 2. The highest BCUT2D eigenvalue weighted by Gasteiger charge is 2.46. The number of carbonyl (C=O) groups excluding carboxylic acids is 1. The fraction of sp³-hybridized carbons (Fsp3) is 0.476. The molecule has 7 nitrogen and oxygen atoms in total. The number of amides is 2. The van der Waals surface area contributed by atoms with Crippen LogP contribution in [0.5, 0.6) is 0 Å². The molecule has 2 N–H and O–H groups in total. The maximum Gasteiger partial charge on any atom is 0.317 e. The van der Waals surface area contributed by atoms with Crippen LogP contribution in [0.25, 0.3) is 22.3 Å². The Kier molecular flexibility index (Phi) is 4.31. The van der Waals surface area contributed by atoms with Gasteiger partial charge in [-0.1, -0.05) is 18.5 Å². The van der Waals surface area contributed by atoms with Crippen LogP contribution in [0.4, 0.5) is 4.79 Å². The molecule has 1 spiro atoms. The first-order valence-electron chi connectivity index (χ1n) is 10.3. The zero-order valence-electron chi connectivity index (χ0n) is 16.8. The second-order valence-electron chi connectivity index (χ2n) is 8.07. The van der Waals surface area contributed by atoms with E-state index in [0.717, 1.165) is 66.8 Å². The summed E-state index contributed by atoms with van der Waals surface area (Å²) < 4.78 is 2.12. The van der Waals surface area contributed by atoms with Crippen LogP contribution in [-0.2, 0) is 18.4 Å². The lowest BCUT2D eigenvalue weighted by molar-refractivity contribution is 0.206. The van der Waals surface area contributed by atoms with Crippen LogP contribution in [0, 0.1) is 0 Å². The van der Waals surface area contributed by atoms with Gasteiger partial charge in [0.05, 0.1) is 5.69 Å². The van der Waals surface area contributed by atoms with Crippen LogP contribution in [0.3, 0.4) is 0 Å². The molecule has 0 aromatic carbocycles. The molecule has 1 fully saturated rings. The number of nitrogens with zero attached hydrogens (tertiary/aromatic N) is 4. The molecular formula is C21H25ClN6O. The van der Waals surface area contributed by atoms with Crippen molar-refractivity contribution in [2.75, 3.05) is 19.6 Å². The molecule has 0 saturated carbocycles. The van der Waals surface area contributed by atoms with Gasteiger partial charge in [-0.25, -0.2) is 9.78 Å².